The summed E-state index contributed by atoms with van der Waals surface area (Å²) in [4.78, 5) is 0. The molecule has 3 nitrogen and oxygen atoms in total. The highest BCUT2D eigenvalue weighted by Gasteiger charge is 2.09. The molecule has 0 amide bonds. The van der Waals surface area contributed by atoms with Crippen molar-refractivity contribution in [2.24, 2.45) is 0 Å². The Hall–Kier alpha value is -1.68. The van der Waals surface area contributed by atoms with Gasteiger partial charge in [0.1, 0.15) is 5.82 Å². The van der Waals surface area contributed by atoms with Crippen molar-refractivity contribution in [1.82, 2.24) is 15.1 Å². The third-order valence-electron chi connectivity index (χ3n) is 3.18. The standard InChI is InChI=1S/C15H20FN3/c1-3-15-13(9-17-4-2)10-18-19(15)11-12-5-7-14(16)8-6-12/h5-8,10,17H,3-4,9,11H2,1-2H3. The molecule has 0 fully saturated rings. The predicted octanol–water partition coefficient (Wildman–Crippen LogP) is 2.74. The molecule has 0 aliphatic heterocycles. The van der Waals surface area contributed by atoms with E-state index in [-0.39, 0.29) is 5.82 Å². The van der Waals surface area contributed by atoms with Crippen molar-refractivity contribution in [3.8, 4) is 0 Å². The van der Waals surface area contributed by atoms with Gasteiger partial charge in [-0.15, -0.1) is 0 Å². The fourth-order valence-electron chi connectivity index (χ4n) is 2.17. The first kappa shape index (κ1) is 13.7. The van der Waals surface area contributed by atoms with E-state index in [2.05, 4.69) is 24.3 Å². The molecule has 1 aromatic heterocycles. The average molecular weight is 261 g/mol. The highest BCUT2D eigenvalue weighted by Crippen LogP contribution is 2.12. The molecule has 0 radical (unpaired) electrons. The zero-order chi connectivity index (χ0) is 13.7. The van der Waals surface area contributed by atoms with Crippen molar-refractivity contribution >= 4 is 0 Å². The van der Waals surface area contributed by atoms with Gasteiger partial charge in [-0.25, -0.2) is 4.39 Å². The number of halogens is 1. The lowest BCUT2D eigenvalue weighted by Crippen LogP contribution is -2.13. The molecule has 1 N–H and O–H groups in total. The fraction of sp³-hybridized carbons (Fsp3) is 0.400. The zero-order valence-electron chi connectivity index (χ0n) is 11.5. The van der Waals surface area contributed by atoms with Crippen LogP contribution in [0.5, 0.6) is 0 Å². The van der Waals surface area contributed by atoms with Gasteiger partial charge in [0, 0.05) is 17.8 Å². The molecule has 0 aliphatic rings. The molecule has 0 saturated heterocycles. The van der Waals surface area contributed by atoms with Crippen LogP contribution in [0, 0.1) is 5.82 Å². The van der Waals surface area contributed by atoms with Gasteiger partial charge in [0.05, 0.1) is 12.7 Å². The van der Waals surface area contributed by atoms with Gasteiger partial charge in [0.2, 0.25) is 0 Å². The van der Waals surface area contributed by atoms with Gasteiger partial charge in [-0.2, -0.15) is 5.10 Å². The van der Waals surface area contributed by atoms with Crippen LogP contribution in [0.1, 0.15) is 30.7 Å². The second-order valence-corrected chi connectivity index (χ2v) is 4.53. The number of aromatic nitrogens is 2. The van der Waals surface area contributed by atoms with Gasteiger partial charge in [0.15, 0.2) is 0 Å². The van der Waals surface area contributed by atoms with E-state index < -0.39 is 0 Å². The maximum Gasteiger partial charge on any atom is 0.123 e. The van der Waals surface area contributed by atoms with Crippen molar-refractivity contribution in [3.63, 3.8) is 0 Å². The van der Waals surface area contributed by atoms with Crippen molar-refractivity contribution in [2.75, 3.05) is 6.54 Å². The highest BCUT2D eigenvalue weighted by atomic mass is 19.1. The van der Waals surface area contributed by atoms with Crippen molar-refractivity contribution in [2.45, 2.75) is 33.4 Å². The van der Waals surface area contributed by atoms with Crippen LogP contribution in [0.25, 0.3) is 0 Å². The van der Waals surface area contributed by atoms with Crippen LogP contribution in [-0.2, 0) is 19.5 Å². The molecular weight excluding hydrogens is 241 g/mol. The fourth-order valence-corrected chi connectivity index (χ4v) is 2.17. The van der Waals surface area contributed by atoms with Gasteiger partial charge in [-0.05, 0) is 30.7 Å². The molecule has 4 heteroatoms. The molecule has 0 atom stereocenters. The topological polar surface area (TPSA) is 29.9 Å². The average Bonchev–Trinajstić information content (AvgIpc) is 2.81. The van der Waals surface area contributed by atoms with Crippen LogP contribution in [0.3, 0.4) is 0 Å². The van der Waals surface area contributed by atoms with Crippen LogP contribution in [0.15, 0.2) is 30.5 Å². The Kier molecular flexibility index (Phi) is 4.68. The SMILES string of the molecule is CCNCc1cnn(Cc2ccc(F)cc2)c1CC. The van der Waals surface area contributed by atoms with Gasteiger partial charge in [-0.3, -0.25) is 4.68 Å². The quantitative estimate of drug-likeness (QED) is 0.866. The normalized spacial score (nSPS) is 10.9. The summed E-state index contributed by atoms with van der Waals surface area (Å²) in [5, 5.41) is 7.76. The predicted molar refractivity (Wildman–Crippen MR) is 74.5 cm³/mol. The summed E-state index contributed by atoms with van der Waals surface area (Å²) < 4.78 is 14.9. The van der Waals surface area contributed by atoms with Crippen LogP contribution in [0.4, 0.5) is 4.39 Å². The van der Waals surface area contributed by atoms with Gasteiger partial charge in [0.25, 0.3) is 0 Å². The summed E-state index contributed by atoms with van der Waals surface area (Å²) >= 11 is 0. The van der Waals surface area contributed by atoms with E-state index in [1.807, 2.05) is 10.9 Å². The first-order valence-electron chi connectivity index (χ1n) is 6.73. The van der Waals surface area contributed by atoms with Crippen molar-refractivity contribution in [3.05, 3.63) is 53.1 Å². The molecule has 0 bridgehead atoms. The third-order valence-corrected chi connectivity index (χ3v) is 3.18. The lowest BCUT2D eigenvalue weighted by Gasteiger charge is -2.08. The van der Waals surface area contributed by atoms with E-state index >= 15 is 0 Å². The van der Waals surface area contributed by atoms with Crippen molar-refractivity contribution in [1.29, 1.82) is 0 Å². The smallest absolute Gasteiger partial charge is 0.123 e. The molecule has 0 aliphatic carbocycles. The Balaban J connectivity index is 2.15. The summed E-state index contributed by atoms with van der Waals surface area (Å²) in [6.45, 7) is 6.72. The minimum atomic E-state index is -0.201. The lowest BCUT2D eigenvalue weighted by atomic mass is 10.2. The number of benzene rings is 1. The summed E-state index contributed by atoms with van der Waals surface area (Å²) in [5.74, 6) is -0.201. The Bertz CT molecular complexity index is 517. The monoisotopic (exact) mass is 261 g/mol. The van der Waals surface area contributed by atoms with Gasteiger partial charge in [-0.1, -0.05) is 26.0 Å². The molecular formula is C15H20FN3. The zero-order valence-corrected chi connectivity index (χ0v) is 11.5. The first-order valence-corrected chi connectivity index (χ1v) is 6.73. The highest BCUT2D eigenvalue weighted by molar-refractivity contribution is 5.21. The summed E-state index contributed by atoms with van der Waals surface area (Å²) in [6, 6.07) is 6.59. The minimum absolute atomic E-state index is 0.201. The van der Waals surface area contributed by atoms with Crippen LogP contribution < -0.4 is 5.32 Å². The number of hydrogen-bond acceptors (Lipinski definition) is 2. The first-order chi connectivity index (χ1) is 9.24. The Morgan fingerprint density at radius 1 is 1.21 bits per heavy atom. The molecule has 102 valence electrons. The third kappa shape index (κ3) is 3.41. The Morgan fingerprint density at radius 2 is 1.95 bits per heavy atom. The van der Waals surface area contributed by atoms with Gasteiger partial charge >= 0.3 is 0 Å². The van der Waals surface area contributed by atoms with E-state index in [1.165, 1.54) is 23.4 Å². The summed E-state index contributed by atoms with van der Waals surface area (Å²) in [7, 11) is 0. The number of nitrogens with one attached hydrogen (secondary N) is 1. The number of rotatable bonds is 6. The maximum absolute atomic E-state index is 12.9. The molecule has 0 unspecified atom stereocenters. The molecule has 1 aromatic carbocycles. The van der Waals surface area contributed by atoms with Crippen LogP contribution in [-0.4, -0.2) is 16.3 Å². The van der Waals surface area contributed by atoms with Crippen LogP contribution in [0.2, 0.25) is 0 Å². The summed E-state index contributed by atoms with van der Waals surface area (Å²) in [6.07, 6.45) is 2.87. The lowest BCUT2D eigenvalue weighted by molar-refractivity contribution is 0.620. The largest absolute Gasteiger partial charge is 0.313 e. The molecule has 1 heterocycles. The number of hydrogen-bond donors (Lipinski definition) is 1. The summed E-state index contributed by atoms with van der Waals surface area (Å²) in [5.41, 5.74) is 3.55. The van der Waals surface area contributed by atoms with Gasteiger partial charge < -0.3 is 5.32 Å². The second-order valence-electron chi connectivity index (χ2n) is 4.53. The molecule has 2 aromatic rings. The maximum atomic E-state index is 12.9. The van der Waals surface area contributed by atoms with E-state index in [0.717, 1.165) is 25.1 Å². The second kappa shape index (κ2) is 6.48. The van der Waals surface area contributed by atoms with E-state index in [9.17, 15) is 4.39 Å². The van der Waals surface area contributed by atoms with E-state index in [0.29, 0.717) is 6.54 Å². The van der Waals surface area contributed by atoms with Crippen molar-refractivity contribution < 1.29 is 4.39 Å². The van der Waals surface area contributed by atoms with E-state index in [4.69, 9.17) is 0 Å². The Labute approximate surface area is 113 Å². The molecule has 0 saturated carbocycles. The Morgan fingerprint density at radius 3 is 2.58 bits per heavy atom. The molecule has 0 spiro atoms. The van der Waals surface area contributed by atoms with Crippen LogP contribution >= 0.6 is 0 Å². The minimum Gasteiger partial charge on any atom is -0.313 e. The van der Waals surface area contributed by atoms with E-state index in [1.54, 1.807) is 12.1 Å². The molecule has 19 heavy (non-hydrogen) atoms. The number of nitrogens with zero attached hydrogens (tertiary/aromatic N) is 2. The molecule has 2 rings (SSSR count).